The van der Waals surface area contributed by atoms with Gasteiger partial charge in [-0.3, -0.25) is 9.36 Å². The molecule has 0 fully saturated rings. The van der Waals surface area contributed by atoms with Crippen LogP contribution < -0.4 is 0 Å². The van der Waals surface area contributed by atoms with Gasteiger partial charge in [0, 0.05) is 0 Å². The standard InChI is InChI=1S/C20H35O5P/c1-16(2)10-8-12-18(4)14-9-13-17(3)11-6-5-7-15-19(20(21)22)26(23,24)25/h10-11,14,19H,5-9,12-13,15H2,1-4H3,(H,21,22)(H2,23,24,25)/b17-11+,18-14+. The molecule has 0 aromatic heterocycles. The highest BCUT2D eigenvalue weighted by atomic mass is 31.2. The molecule has 1 unspecified atom stereocenters. The van der Waals surface area contributed by atoms with Crippen LogP contribution >= 0.6 is 7.60 Å². The molecule has 0 bridgehead atoms. The molecule has 0 heterocycles. The van der Waals surface area contributed by atoms with E-state index in [0.717, 1.165) is 38.5 Å². The van der Waals surface area contributed by atoms with Gasteiger partial charge in [0.05, 0.1) is 0 Å². The minimum absolute atomic E-state index is 0.0140. The zero-order valence-corrected chi connectivity index (χ0v) is 17.5. The number of carboxylic acids is 1. The fourth-order valence-corrected chi connectivity index (χ4v) is 3.41. The van der Waals surface area contributed by atoms with Gasteiger partial charge in [-0.2, -0.15) is 0 Å². The Labute approximate surface area is 158 Å². The summed E-state index contributed by atoms with van der Waals surface area (Å²) in [6, 6.07) is 0. The lowest BCUT2D eigenvalue weighted by Gasteiger charge is -2.13. The predicted molar refractivity (Wildman–Crippen MR) is 107 cm³/mol. The molecule has 3 N–H and O–H groups in total. The summed E-state index contributed by atoms with van der Waals surface area (Å²) in [5.74, 6) is -1.42. The second-order valence-corrected chi connectivity index (χ2v) is 8.99. The molecule has 1 atom stereocenters. The fraction of sp³-hybridized carbons (Fsp3) is 0.650. The van der Waals surface area contributed by atoms with Crippen LogP contribution in [0, 0.1) is 0 Å². The van der Waals surface area contributed by atoms with Crippen LogP contribution in [-0.2, 0) is 9.36 Å². The van der Waals surface area contributed by atoms with Crippen LogP contribution in [0.25, 0.3) is 0 Å². The molecular weight excluding hydrogens is 351 g/mol. The lowest BCUT2D eigenvalue weighted by molar-refractivity contribution is -0.137. The molecule has 150 valence electrons. The molecule has 0 radical (unpaired) electrons. The van der Waals surface area contributed by atoms with E-state index in [4.69, 9.17) is 14.9 Å². The summed E-state index contributed by atoms with van der Waals surface area (Å²) in [7, 11) is -4.56. The largest absolute Gasteiger partial charge is 0.481 e. The van der Waals surface area contributed by atoms with E-state index in [0.29, 0.717) is 6.42 Å². The molecule has 0 saturated heterocycles. The monoisotopic (exact) mass is 386 g/mol. The molecule has 5 nitrogen and oxygen atoms in total. The Morgan fingerprint density at radius 3 is 1.85 bits per heavy atom. The van der Waals surface area contributed by atoms with E-state index in [9.17, 15) is 9.36 Å². The van der Waals surface area contributed by atoms with Crippen molar-refractivity contribution < 1.29 is 24.3 Å². The quantitative estimate of drug-likeness (QED) is 0.218. The van der Waals surface area contributed by atoms with Crippen molar-refractivity contribution in [3.8, 4) is 0 Å². The number of aliphatic carboxylic acids is 1. The Kier molecular flexibility index (Phi) is 12.5. The molecule has 0 spiro atoms. The zero-order valence-electron chi connectivity index (χ0n) is 16.6. The van der Waals surface area contributed by atoms with Crippen molar-refractivity contribution in [1.29, 1.82) is 0 Å². The number of rotatable bonds is 13. The first kappa shape index (κ1) is 24.8. The summed E-state index contributed by atoms with van der Waals surface area (Å²) in [6.07, 6.45) is 12.9. The number of hydrogen-bond donors (Lipinski definition) is 3. The van der Waals surface area contributed by atoms with Gasteiger partial charge < -0.3 is 14.9 Å². The molecule has 26 heavy (non-hydrogen) atoms. The van der Waals surface area contributed by atoms with E-state index in [1.165, 1.54) is 16.7 Å². The van der Waals surface area contributed by atoms with Crippen molar-refractivity contribution in [2.75, 3.05) is 0 Å². The Bertz CT molecular complexity index is 565. The van der Waals surface area contributed by atoms with E-state index in [2.05, 4.69) is 45.9 Å². The van der Waals surface area contributed by atoms with Gasteiger partial charge in [0.2, 0.25) is 0 Å². The van der Waals surface area contributed by atoms with Crippen molar-refractivity contribution in [2.24, 2.45) is 0 Å². The summed E-state index contributed by atoms with van der Waals surface area (Å²) in [5, 5.41) is 8.86. The number of unbranched alkanes of at least 4 members (excludes halogenated alkanes) is 2. The van der Waals surface area contributed by atoms with Crippen molar-refractivity contribution >= 4 is 13.6 Å². The van der Waals surface area contributed by atoms with E-state index in [1.807, 2.05) is 0 Å². The minimum atomic E-state index is -4.56. The second-order valence-electron chi connectivity index (χ2n) is 7.19. The molecule has 0 aliphatic heterocycles. The Morgan fingerprint density at radius 1 is 0.885 bits per heavy atom. The smallest absolute Gasteiger partial charge is 0.339 e. The molecule has 0 saturated carbocycles. The molecular formula is C20H35O5P. The highest BCUT2D eigenvalue weighted by Crippen LogP contribution is 2.43. The molecule has 0 aromatic carbocycles. The topological polar surface area (TPSA) is 94.8 Å². The lowest BCUT2D eigenvalue weighted by atomic mass is 10.0. The number of allylic oxidation sites excluding steroid dienone is 6. The Morgan fingerprint density at radius 2 is 1.38 bits per heavy atom. The van der Waals surface area contributed by atoms with Crippen LogP contribution in [0.1, 0.15) is 79.1 Å². The van der Waals surface area contributed by atoms with Gasteiger partial charge in [0.15, 0.2) is 5.66 Å². The maximum atomic E-state index is 11.1. The van der Waals surface area contributed by atoms with E-state index >= 15 is 0 Å². The van der Waals surface area contributed by atoms with Crippen molar-refractivity contribution in [3.63, 3.8) is 0 Å². The summed E-state index contributed by atoms with van der Waals surface area (Å²) >= 11 is 0. The first-order valence-electron chi connectivity index (χ1n) is 9.26. The van der Waals surface area contributed by atoms with Crippen LogP contribution in [0.15, 0.2) is 34.9 Å². The summed E-state index contributed by atoms with van der Waals surface area (Å²) in [4.78, 5) is 28.9. The van der Waals surface area contributed by atoms with Crippen molar-refractivity contribution in [2.45, 2.75) is 84.7 Å². The van der Waals surface area contributed by atoms with Crippen LogP contribution in [0.4, 0.5) is 0 Å². The minimum Gasteiger partial charge on any atom is -0.481 e. The van der Waals surface area contributed by atoms with Gasteiger partial charge in [-0.25, -0.2) is 0 Å². The zero-order chi connectivity index (χ0) is 20.2. The average molecular weight is 386 g/mol. The lowest BCUT2D eigenvalue weighted by Crippen LogP contribution is -2.20. The molecule has 6 heteroatoms. The summed E-state index contributed by atoms with van der Waals surface area (Å²) in [5.41, 5.74) is 2.48. The van der Waals surface area contributed by atoms with Gasteiger partial charge in [0.25, 0.3) is 0 Å². The van der Waals surface area contributed by atoms with E-state index in [1.54, 1.807) is 0 Å². The van der Waals surface area contributed by atoms with Crippen LogP contribution in [0.3, 0.4) is 0 Å². The van der Waals surface area contributed by atoms with Crippen LogP contribution in [-0.4, -0.2) is 26.5 Å². The maximum Gasteiger partial charge on any atom is 0.339 e. The number of carboxylic acid groups (broad SMARTS) is 1. The highest BCUT2D eigenvalue weighted by Gasteiger charge is 2.34. The number of hydrogen-bond acceptors (Lipinski definition) is 2. The molecule has 0 aromatic rings. The third-order valence-electron chi connectivity index (χ3n) is 4.24. The van der Waals surface area contributed by atoms with Gasteiger partial charge in [-0.1, -0.05) is 41.4 Å². The maximum absolute atomic E-state index is 11.1. The van der Waals surface area contributed by atoms with Crippen LogP contribution in [0.5, 0.6) is 0 Å². The third kappa shape index (κ3) is 13.1. The van der Waals surface area contributed by atoms with E-state index < -0.39 is 19.2 Å². The first-order valence-corrected chi connectivity index (χ1v) is 10.9. The SMILES string of the molecule is CC(C)=CCC/C(C)=C/CC/C(C)=C/CCCCC(C(=O)O)P(=O)(O)O. The molecule has 0 amide bonds. The first-order chi connectivity index (χ1) is 12.0. The second kappa shape index (κ2) is 13.1. The van der Waals surface area contributed by atoms with Gasteiger partial charge >= 0.3 is 13.6 Å². The fourth-order valence-electron chi connectivity index (χ4n) is 2.60. The van der Waals surface area contributed by atoms with Crippen LogP contribution in [0.2, 0.25) is 0 Å². The molecule has 0 rings (SSSR count). The predicted octanol–water partition coefficient (Wildman–Crippen LogP) is 5.60. The molecule has 0 aliphatic rings. The molecule has 0 aliphatic carbocycles. The highest BCUT2D eigenvalue weighted by molar-refractivity contribution is 7.53. The third-order valence-corrected chi connectivity index (χ3v) is 5.53. The van der Waals surface area contributed by atoms with Crippen molar-refractivity contribution in [3.05, 3.63) is 34.9 Å². The average Bonchev–Trinajstić information content (AvgIpc) is 2.48. The van der Waals surface area contributed by atoms with Crippen molar-refractivity contribution in [1.82, 2.24) is 0 Å². The Balaban J connectivity index is 4.06. The summed E-state index contributed by atoms with van der Waals surface area (Å²) in [6.45, 7) is 8.47. The summed E-state index contributed by atoms with van der Waals surface area (Å²) < 4.78 is 11.1. The van der Waals surface area contributed by atoms with Gasteiger partial charge in [-0.05, 0) is 72.6 Å². The normalized spacial score (nSPS) is 14.2. The van der Waals surface area contributed by atoms with E-state index in [-0.39, 0.29) is 6.42 Å². The Hall–Kier alpha value is -1.16. The van der Waals surface area contributed by atoms with Gasteiger partial charge in [0.1, 0.15) is 0 Å². The van der Waals surface area contributed by atoms with Gasteiger partial charge in [-0.15, -0.1) is 0 Å². The number of carbonyl (C=O) groups is 1.